The number of unbranched alkanes of at least 4 members (excludes halogenated alkanes) is 2. The molecule has 3 nitrogen and oxygen atoms in total. The van der Waals surface area contributed by atoms with E-state index in [9.17, 15) is 5.11 Å². The standard InChI is InChI=1S/C12H26O3/c1-11(2)7-5-4-6-8-15-10-12(13)9-14-3/h11-13H,4-10H2,1-3H3. The SMILES string of the molecule is COCC(O)COCCCCCC(C)C. The third-order valence-electron chi connectivity index (χ3n) is 2.24. The van der Waals surface area contributed by atoms with Crippen molar-refractivity contribution in [3.05, 3.63) is 0 Å². The van der Waals surface area contributed by atoms with Crippen LogP contribution in [0.2, 0.25) is 0 Å². The van der Waals surface area contributed by atoms with Crippen molar-refractivity contribution in [1.82, 2.24) is 0 Å². The predicted octanol–water partition coefficient (Wildman–Crippen LogP) is 2.23. The summed E-state index contributed by atoms with van der Waals surface area (Å²) in [4.78, 5) is 0. The Kier molecular flexibility index (Phi) is 10.3. The Bertz CT molecular complexity index is 126. The second kappa shape index (κ2) is 10.4. The Labute approximate surface area is 93.8 Å². The van der Waals surface area contributed by atoms with Crippen LogP contribution in [-0.2, 0) is 9.47 Å². The van der Waals surface area contributed by atoms with Gasteiger partial charge in [-0.2, -0.15) is 0 Å². The van der Waals surface area contributed by atoms with Crippen LogP contribution in [0.15, 0.2) is 0 Å². The molecule has 0 heterocycles. The molecular weight excluding hydrogens is 192 g/mol. The molecule has 0 aromatic carbocycles. The molecule has 0 aliphatic heterocycles. The second-order valence-electron chi connectivity index (χ2n) is 4.43. The largest absolute Gasteiger partial charge is 0.388 e. The number of aliphatic hydroxyl groups excluding tert-OH is 1. The van der Waals surface area contributed by atoms with Crippen molar-refractivity contribution >= 4 is 0 Å². The summed E-state index contributed by atoms with van der Waals surface area (Å²) in [5.74, 6) is 0.800. The fourth-order valence-electron chi connectivity index (χ4n) is 1.39. The molecule has 0 spiro atoms. The lowest BCUT2D eigenvalue weighted by atomic mass is 10.1. The Morgan fingerprint density at radius 2 is 1.80 bits per heavy atom. The zero-order chi connectivity index (χ0) is 11.5. The molecule has 0 radical (unpaired) electrons. The van der Waals surface area contributed by atoms with Crippen LogP contribution >= 0.6 is 0 Å². The number of hydrogen-bond acceptors (Lipinski definition) is 3. The van der Waals surface area contributed by atoms with E-state index in [2.05, 4.69) is 13.8 Å². The quantitative estimate of drug-likeness (QED) is 0.571. The number of methoxy groups -OCH3 is 1. The van der Waals surface area contributed by atoms with Crippen molar-refractivity contribution in [3.8, 4) is 0 Å². The molecule has 1 N–H and O–H groups in total. The summed E-state index contributed by atoms with van der Waals surface area (Å²) in [6, 6.07) is 0. The topological polar surface area (TPSA) is 38.7 Å². The summed E-state index contributed by atoms with van der Waals surface area (Å²) in [5, 5.41) is 9.27. The fraction of sp³-hybridized carbons (Fsp3) is 1.00. The van der Waals surface area contributed by atoms with E-state index in [1.807, 2.05) is 0 Å². The van der Waals surface area contributed by atoms with Crippen LogP contribution in [0.4, 0.5) is 0 Å². The van der Waals surface area contributed by atoms with Gasteiger partial charge in [0, 0.05) is 13.7 Å². The number of aliphatic hydroxyl groups is 1. The fourth-order valence-corrected chi connectivity index (χ4v) is 1.39. The van der Waals surface area contributed by atoms with Crippen molar-refractivity contribution in [1.29, 1.82) is 0 Å². The minimum absolute atomic E-state index is 0.355. The van der Waals surface area contributed by atoms with Gasteiger partial charge in [0.2, 0.25) is 0 Å². The number of rotatable bonds is 10. The lowest BCUT2D eigenvalue weighted by Gasteiger charge is -2.10. The monoisotopic (exact) mass is 218 g/mol. The second-order valence-corrected chi connectivity index (χ2v) is 4.43. The molecule has 0 saturated heterocycles. The van der Waals surface area contributed by atoms with E-state index in [0.29, 0.717) is 13.2 Å². The zero-order valence-electron chi connectivity index (χ0n) is 10.4. The smallest absolute Gasteiger partial charge is 0.101 e. The van der Waals surface area contributed by atoms with Crippen LogP contribution in [0, 0.1) is 5.92 Å². The summed E-state index contributed by atoms with van der Waals surface area (Å²) in [7, 11) is 1.58. The highest BCUT2D eigenvalue weighted by atomic mass is 16.5. The minimum Gasteiger partial charge on any atom is -0.388 e. The Hall–Kier alpha value is -0.120. The van der Waals surface area contributed by atoms with E-state index >= 15 is 0 Å². The average Bonchev–Trinajstić information content (AvgIpc) is 2.16. The molecule has 0 rings (SSSR count). The average molecular weight is 218 g/mol. The first-order valence-electron chi connectivity index (χ1n) is 5.91. The van der Waals surface area contributed by atoms with Crippen molar-refractivity contribution in [2.24, 2.45) is 5.92 Å². The van der Waals surface area contributed by atoms with Crippen LogP contribution in [0.1, 0.15) is 39.5 Å². The van der Waals surface area contributed by atoms with Crippen molar-refractivity contribution < 1.29 is 14.6 Å². The molecule has 0 aliphatic rings. The lowest BCUT2D eigenvalue weighted by Crippen LogP contribution is -2.21. The molecular formula is C12H26O3. The summed E-state index contributed by atoms with van der Waals surface area (Å²) in [6.45, 7) is 5.99. The molecule has 1 unspecified atom stereocenters. The van der Waals surface area contributed by atoms with E-state index in [1.165, 1.54) is 19.3 Å². The van der Waals surface area contributed by atoms with E-state index in [4.69, 9.17) is 9.47 Å². The van der Waals surface area contributed by atoms with Gasteiger partial charge in [0.05, 0.1) is 13.2 Å². The number of ether oxygens (including phenoxy) is 2. The molecule has 0 aromatic heterocycles. The van der Waals surface area contributed by atoms with E-state index in [0.717, 1.165) is 18.9 Å². The first-order valence-corrected chi connectivity index (χ1v) is 5.91. The Morgan fingerprint density at radius 1 is 1.07 bits per heavy atom. The van der Waals surface area contributed by atoms with Crippen LogP contribution in [0.25, 0.3) is 0 Å². The molecule has 0 bridgehead atoms. The van der Waals surface area contributed by atoms with Gasteiger partial charge in [-0.1, -0.05) is 33.1 Å². The molecule has 0 aromatic rings. The molecule has 15 heavy (non-hydrogen) atoms. The normalized spacial score (nSPS) is 13.4. The van der Waals surface area contributed by atoms with Gasteiger partial charge in [0.1, 0.15) is 6.10 Å². The van der Waals surface area contributed by atoms with E-state index < -0.39 is 6.10 Å². The summed E-state index contributed by atoms with van der Waals surface area (Å²) >= 11 is 0. The van der Waals surface area contributed by atoms with Gasteiger partial charge in [0.15, 0.2) is 0 Å². The minimum atomic E-state index is -0.481. The van der Waals surface area contributed by atoms with Gasteiger partial charge >= 0.3 is 0 Å². The van der Waals surface area contributed by atoms with Crippen LogP contribution in [0.3, 0.4) is 0 Å². The first-order chi connectivity index (χ1) is 7.16. The molecule has 0 fully saturated rings. The molecule has 92 valence electrons. The maximum absolute atomic E-state index is 9.27. The van der Waals surface area contributed by atoms with Gasteiger partial charge in [-0.05, 0) is 12.3 Å². The van der Waals surface area contributed by atoms with Gasteiger partial charge in [-0.15, -0.1) is 0 Å². The molecule has 0 amide bonds. The lowest BCUT2D eigenvalue weighted by molar-refractivity contribution is -0.00686. The van der Waals surface area contributed by atoms with Gasteiger partial charge in [-0.25, -0.2) is 0 Å². The zero-order valence-corrected chi connectivity index (χ0v) is 10.4. The molecule has 0 aliphatic carbocycles. The van der Waals surface area contributed by atoms with Crippen LogP contribution < -0.4 is 0 Å². The Balaban J connectivity index is 3.04. The third kappa shape index (κ3) is 11.8. The highest BCUT2D eigenvalue weighted by Crippen LogP contribution is 2.07. The van der Waals surface area contributed by atoms with Gasteiger partial charge in [0.25, 0.3) is 0 Å². The molecule has 3 heteroatoms. The third-order valence-corrected chi connectivity index (χ3v) is 2.24. The van der Waals surface area contributed by atoms with Crippen LogP contribution in [-0.4, -0.2) is 38.1 Å². The summed E-state index contributed by atoms with van der Waals surface area (Å²) in [5.41, 5.74) is 0. The van der Waals surface area contributed by atoms with E-state index in [-0.39, 0.29) is 0 Å². The Morgan fingerprint density at radius 3 is 2.40 bits per heavy atom. The molecule has 0 saturated carbocycles. The van der Waals surface area contributed by atoms with Crippen molar-refractivity contribution in [2.45, 2.75) is 45.6 Å². The maximum atomic E-state index is 9.27. The number of hydrogen-bond donors (Lipinski definition) is 1. The molecule has 1 atom stereocenters. The highest BCUT2D eigenvalue weighted by molar-refractivity contribution is 4.51. The first kappa shape index (κ1) is 14.9. The van der Waals surface area contributed by atoms with Crippen LogP contribution in [0.5, 0.6) is 0 Å². The highest BCUT2D eigenvalue weighted by Gasteiger charge is 2.02. The van der Waals surface area contributed by atoms with Gasteiger partial charge < -0.3 is 14.6 Å². The van der Waals surface area contributed by atoms with Crippen molar-refractivity contribution in [2.75, 3.05) is 26.9 Å². The predicted molar refractivity (Wildman–Crippen MR) is 62.0 cm³/mol. The van der Waals surface area contributed by atoms with E-state index in [1.54, 1.807) is 7.11 Å². The maximum Gasteiger partial charge on any atom is 0.101 e. The summed E-state index contributed by atoms with van der Waals surface area (Å²) in [6.07, 6.45) is 4.41. The van der Waals surface area contributed by atoms with Crippen molar-refractivity contribution in [3.63, 3.8) is 0 Å². The summed E-state index contributed by atoms with van der Waals surface area (Å²) < 4.78 is 10.1. The van der Waals surface area contributed by atoms with Gasteiger partial charge in [-0.3, -0.25) is 0 Å².